The van der Waals surface area contributed by atoms with Crippen molar-refractivity contribution < 1.29 is 14.3 Å². The van der Waals surface area contributed by atoms with Gasteiger partial charge < -0.3 is 14.0 Å². The van der Waals surface area contributed by atoms with E-state index in [2.05, 4.69) is 18.4 Å². The molecule has 0 aromatic carbocycles. The predicted octanol–water partition coefficient (Wildman–Crippen LogP) is 3.47. The molecule has 0 saturated heterocycles. The lowest BCUT2D eigenvalue weighted by Crippen LogP contribution is -2.50. The molecule has 4 aliphatic carbocycles. The van der Waals surface area contributed by atoms with E-state index in [9.17, 15) is 4.79 Å². The summed E-state index contributed by atoms with van der Waals surface area (Å²) < 4.78 is 12.8. The number of ether oxygens (including phenoxy) is 2. The van der Waals surface area contributed by atoms with Gasteiger partial charge in [0.2, 0.25) is 0 Å². The van der Waals surface area contributed by atoms with Crippen LogP contribution in [0.2, 0.25) is 0 Å². The van der Waals surface area contributed by atoms with E-state index in [0.29, 0.717) is 19.8 Å². The fraction of sp³-hybridized carbons (Fsp3) is 0.810. The molecule has 1 heterocycles. The van der Waals surface area contributed by atoms with Gasteiger partial charge in [0.1, 0.15) is 0 Å². The highest BCUT2D eigenvalue weighted by Gasteiger charge is 2.54. The number of methoxy groups -OCH3 is 1. The number of hydrogen-bond acceptors (Lipinski definition) is 4. The van der Waals surface area contributed by atoms with E-state index in [1.54, 1.807) is 18.4 Å². The Labute approximate surface area is 165 Å². The Balaban J connectivity index is 1.53. The summed E-state index contributed by atoms with van der Waals surface area (Å²) in [6, 6.07) is 0. The number of aromatic nitrogens is 1. The van der Waals surface area contributed by atoms with Crippen molar-refractivity contribution in [2.75, 3.05) is 26.9 Å². The number of amides is 1. The fourth-order valence-corrected chi connectivity index (χ4v) is 6.92. The first kappa shape index (κ1) is 19.3. The molecule has 150 valence electrons. The third-order valence-electron chi connectivity index (χ3n) is 6.97. The molecule has 5 rings (SSSR count). The second-order valence-electron chi connectivity index (χ2n) is 8.90. The van der Waals surface area contributed by atoms with E-state index in [0.717, 1.165) is 48.4 Å². The molecule has 27 heavy (non-hydrogen) atoms. The molecule has 0 spiro atoms. The molecular weight excluding hydrogens is 360 g/mol. The Morgan fingerprint density at radius 2 is 1.74 bits per heavy atom. The molecule has 4 bridgehead atoms. The fourth-order valence-electron chi connectivity index (χ4n) is 5.92. The Morgan fingerprint density at radius 1 is 1.11 bits per heavy atom. The molecule has 4 fully saturated rings. The van der Waals surface area contributed by atoms with Gasteiger partial charge in [0.15, 0.2) is 4.80 Å². The van der Waals surface area contributed by atoms with Crippen LogP contribution in [0.5, 0.6) is 0 Å². The summed E-state index contributed by atoms with van der Waals surface area (Å²) in [6.45, 7) is 6.75. The summed E-state index contributed by atoms with van der Waals surface area (Å²) in [4.78, 5) is 20.1. The monoisotopic (exact) mass is 392 g/mol. The van der Waals surface area contributed by atoms with Crippen molar-refractivity contribution in [2.45, 2.75) is 58.9 Å². The first-order chi connectivity index (χ1) is 13.0. The van der Waals surface area contributed by atoms with Crippen molar-refractivity contribution in [3.63, 3.8) is 0 Å². The lowest BCUT2D eigenvalue weighted by atomic mass is 9.49. The van der Waals surface area contributed by atoms with Crippen molar-refractivity contribution >= 4 is 17.2 Å². The van der Waals surface area contributed by atoms with Crippen LogP contribution in [-0.4, -0.2) is 37.4 Å². The minimum Gasteiger partial charge on any atom is -0.382 e. The van der Waals surface area contributed by atoms with Crippen LogP contribution in [0, 0.1) is 37.0 Å². The third kappa shape index (κ3) is 3.81. The quantitative estimate of drug-likeness (QED) is 0.668. The smallest absolute Gasteiger partial charge is 0.254 e. The molecule has 5 nitrogen and oxygen atoms in total. The van der Waals surface area contributed by atoms with E-state index in [1.165, 1.54) is 29.8 Å². The van der Waals surface area contributed by atoms with Crippen molar-refractivity contribution in [3.8, 4) is 0 Å². The summed E-state index contributed by atoms with van der Waals surface area (Å²) in [7, 11) is 1.68. The van der Waals surface area contributed by atoms with Gasteiger partial charge in [-0.3, -0.25) is 4.79 Å². The topological polar surface area (TPSA) is 52.8 Å². The molecule has 0 atom stereocenters. The van der Waals surface area contributed by atoms with Gasteiger partial charge in [-0.2, -0.15) is 4.99 Å². The molecule has 0 unspecified atom stereocenters. The zero-order chi connectivity index (χ0) is 19.0. The lowest BCUT2D eigenvalue weighted by Gasteiger charge is -2.55. The van der Waals surface area contributed by atoms with Gasteiger partial charge in [-0.15, -0.1) is 11.3 Å². The van der Waals surface area contributed by atoms with Crippen molar-refractivity contribution in [1.29, 1.82) is 0 Å². The van der Waals surface area contributed by atoms with Crippen LogP contribution >= 0.6 is 11.3 Å². The van der Waals surface area contributed by atoms with Crippen LogP contribution < -0.4 is 4.80 Å². The Morgan fingerprint density at radius 3 is 2.33 bits per heavy atom. The van der Waals surface area contributed by atoms with Crippen LogP contribution in [-0.2, 0) is 20.8 Å². The highest BCUT2D eigenvalue weighted by Crippen LogP contribution is 2.60. The van der Waals surface area contributed by atoms with E-state index in [1.807, 2.05) is 0 Å². The summed E-state index contributed by atoms with van der Waals surface area (Å²) in [5.41, 5.74) is 1.03. The standard InChI is InChI=1S/C21H32N2O3S/c1-14-15(2)27-20(23(14)4-5-26-7-6-25-3)22-19(24)21-11-16-8-17(12-21)10-18(9-16)13-21/h16-18H,4-13H2,1-3H3/b22-20-. The number of thiazole rings is 1. The highest BCUT2D eigenvalue weighted by atomic mass is 32.1. The number of rotatable bonds is 7. The molecule has 4 aliphatic rings. The van der Waals surface area contributed by atoms with Crippen LogP contribution in [0.25, 0.3) is 0 Å². The molecule has 4 saturated carbocycles. The zero-order valence-electron chi connectivity index (χ0n) is 16.8. The van der Waals surface area contributed by atoms with Crippen molar-refractivity contribution in [3.05, 3.63) is 15.4 Å². The van der Waals surface area contributed by atoms with E-state index >= 15 is 0 Å². The maximum atomic E-state index is 13.3. The molecule has 6 heteroatoms. The van der Waals surface area contributed by atoms with Gasteiger partial charge in [0, 0.05) is 24.2 Å². The van der Waals surface area contributed by atoms with E-state index in [4.69, 9.17) is 14.5 Å². The second-order valence-corrected chi connectivity index (χ2v) is 10.1. The van der Waals surface area contributed by atoms with Crippen LogP contribution in [0.4, 0.5) is 0 Å². The van der Waals surface area contributed by atoms with Gasteiger partial charge in [-0.25, -0.2) is 0 Å². The Bertz CT molecular complexity index is 729. The molecular formula is C21H32N2O3S. The third-order valence-corrected chi connectivity index (χ3v) is 8.07. The molecule has 1 aromatic rings. The van der Waals surface area contributed by atoms with E-state index in [-0.39, 0.29) is 11.3 Å². The average Bonchev–Trinajstić information content (AvgIpc) is 2.87. The van der Waals surface area contributed by atoms with Crippen LogP contribution in [0.3, 0.4) is 0 Å². The zero-order valence-corrected chi connectivity index (χ0v) is 17.6. The summed E-state index contributed by atoms with van der Waals surface area (Å²) in [5, 5.41) is 0. The van der Waals surface area contributed by atoms with Gasteiger partial charge in [0.05, 0.1) is 25.2 Å². The minimum atomic E-state index is -0.159. The number of aryl methyl sites for hydroxylation is 1. The predicted molar refractivity (Wildman–Crippen MR) is 106 cm³/mol. The van der Waals surface area contributed by atoms with Gasteiger partial charge in [0.25, 0.3) is 5.91 Å². The SMILES string of the molecule is COCCOCCn1c(C)c(C)s/c1=N\C(=O)C12CC3CC(CC(C3)C1)C2. The largest absolute Gasteiger partial charge is 0.382 e. The van der Waals surface area contributed by atoms with Gasteiger partial charge in [-0.05, 0) is 70.1 Å². The Hall–Kier alpha value is -0.980. The maximum Gasteiger partial charge on any atom is 0.254 e. The lowest BCUT2D eigenvalue weighted by molar-refractivity contribution is -0.142. The van der Waals surface area contributed by atoms with Crippen molar-refractivity contribution in [1.82, 2.24) is 4.57 Å². The number of nitrogens with zero attached hydrogens (tertiary/aromatic N) is 2. The van der Waals surface area contributed by atoms with E-state index < -0.39 is 0 Å². The molecule has 1 amide bonds. The second kappa shape index (κ2) is 7.80. The Kier molecular flexibility index (Phi) is 5.59. The molecule has 1 aromatic heterocycles. The number of carbonyl (C=O) groups is 1. The highest BCUT2D eigenvalue weighted by molar-refractivity contribution is 7.09. The normalized spacial score (nSPS) is 32.4. The van der Waals surface area contributed by atoms with Crippen LogP contribution in [0.15, 0.2) is 4.99 Å². The molecule has 0 radical (unpaired) electrons. The first-order valence-corrected chi connectivity index (χ1v) is 11.1. The number of carbonyl (C=O) groups excluding carboxylic acids is 1. The number of hydrogen-bond donors (Lipinski definition) is 0. The molecule has 0 N–H and O–H groups in total. The summed E-state index contributed by atoms with van der Waals surface area (Å²) in [5.74, 6) is 2.45. The van der Waals surface area contributed by atoms with Gasteiger partial charge in [-0.1, -0.05) is 0 Å². The van der Waals surface area contributed by atoms with Crippen LogP contribution in [0.1, 0.15) is 49.1 Å². The maximum absolute atomic E-state index is 13.3. The average molecular weight is 393 g/mol. The minimum absolute atomic E-state index is 0.150. The summed E-state index contributed by atoms with van der Waals surface area (Å²) >= 11 is 1.64. The van der Waals surface area contributed by atoms with Gasteiger partial charge >= 0.3 is 0 Å². The molecule has 0 aliphatic heterocycles. The first-order valence-electron chi connectivity index (χ1n) is 10.3. The van der Waals surface area contributed by atoms with Crippen molar-refractivity contribution in [2.24, 2.45) is 28.2 Å². The summed E-state index contributed by atoms with van der Waals surface area (Å²) in [6.07, 6.45) is 7.27.